The van der Waals surface area contributed by atoms with Gasteiger partial charge in [0.05, 0.1) is 9.40 Å². The van der Waals surface area contributed by atoms with Gasteiger partial charge in [0.25, 0.3) is 0 Å². The van der Waals surface area contributed by atoms with Crippen molar-refractivity contribution in [2.75, 3.05) is 0 Å². The summed E-state index contributed by atoms with van der Waals surface area (Å²) < 4.78 is 0.324. The molecule has 0 fully saturated rings. The lowest BCUT2D eigenvalue weighted by Crippen LogP contribution is -1.98. The number of aromatic nitrogens is 1. The third kappa shape index (κ3) is 1.96. The van der Waals surface area contributed by atoms with Gasteiger partial charge in [0.2, 0.25) is 0 Å². The van der Waals surface area contributed by atoms with Gasteiger partial charge in [-0.2, -0.15) is 0 Å². The van der Waals surface area contributed by atoms with E-state index < -0.39 is 21.4 Å². The minimum Gasteiger partial charge on any atom is -0.358 e. The van der Waals surface area contributed by atoms with Crippen LogP contribution in [0.4, 0.5) is 11.5 Å². The average Bonchev–Trinajstić information content (AvgIpc) is 2.03. The van der Waals surface area contributed by atoms with E-state index in [-0.39, 0.29) is 0 Å². The first-order valence-corrected chi connectivity index (χ1v) is 3.76. The van der Waals surface area contributed by atoms with Crippen LogP contribution in [0.1, 0.15) is 0 Å². The zero-order valence-electron chi connectivity index (χ0n) is 6.01. The second-order valence-corrected chi connectivity index (χ2v) is 2.93. The minimum atomic E-state index is -0.898. The fourth-order valence-electron chi connectivity index (χ4n) is 0.696. The molecule has 0 saturated carbocycles. The van der Waals surface area contributed by atoms with Crippen molar-refractivity contribution in [2.45, 2.75) is 0 Å². The van der Waals surface area contributed by atoms with Crippen molar-refractivity contribution in [1.29, 1.82) is 0 Å². The van der Waals surface area contributed by atoms with Crippen LogP contribution in [-0.4, -0.2) is 14.8 Å². The normalized spacial score (nSPS) is 9.62. The van der Waals surface area contributed by atoms with Crippen LogP contribution in [0.15, 0.2) is 16.7 Å². The highest BCUT2D eigenvalue weighted by atomic mass is 79.9. The maximum absolute atomic E-state index is 10.3. The third-order valence-corrected chi connectivity index (χ3v) is 1.62. The van der Waals surface area contributed by atoms with Crippen molar-refractivity contribution in [3.8, 4) is 0 Å². The quantitative estimate of drug-likeness (QED) is 0.585. The number of hydrogen-bond donors (Lipinski definition) is 0. The van der Waals surface area contributed by atoms with E-state index in [9.17, 15) is 20.2 Å². The van der Waals surface area contributed by atoms with Gasteiger partial charge in [0, 0.05) is 6.07 Å². The van der Waals surface area contributed by atoms with Crippen LogP contribution in [0.2, 0.25) is 0 Å². The molecule has 0 unspecified atom stereocenters. The summed E-state index contributed by atoms with van der Waals surface area (Å²) >= 11 is 2.92. The van der Waals surface area contributed by atoms with E-state index in [0.717, 1.165) is 12.3 Å². The van der Waals surface area contributed by atoms with Crippen LogP contribution in [-0.2, 0) is 0 Å². The number of nitro groups is 2. The molecule has 13 heavy (non-hydrogen) atoms. The molecule has 0 bridgehead atoms. The molecule has 1 aromatic heterocycles. The summed E-state index contributed by atoms with van der Waals surface area (Å²) in [7, 11) is 0. The van der Waals surface area contributed by atoms with Gasteiger partial charge in [-0.1, -0.05) is 0 Å². The molecule has 0 aliphatic rings. The van der Waals surface area contributed by atoms with Gasteiger partial charge >= 0.3 is 11.5 Å². The Balaban J connectivity index is 3.35. The highest BCUT2D eigenvalue weighted by molar-refractivity contribution is 9.10. The summed E-state index contributed by atoms with van der Waals surface area (Å²) in [6.45, 7) is 0. The number of hydrogen-bond acceptors (Lipinski definition) is 5. The second-order valence-electron chi connectivity index (χ2n) is 2.01. The van der Waals surface area contributed by atoms with Crippen LogP contribution in [0.5, 0.6) is 0 Å². The molecule has 0 aromatic carbocycles. The predicted molar refractivity (Wildman–Crippen MR) is 45.2 cm³/mol. The minimum absolute atomic E-state index is 0.324. The van der Waals surface area contributed by atoms with Crippen LogP contribution in [0.3, 0.4) is 0 Å². The van der Waals surface area contributed by atoms with Crippen LogP contribution < -0.4 is 0 Å². The molecule has 1 aromatic rings. The summed E-state index contributed by atoms with van der Waals surface area (Å²) in [6, 6.07) is 1.03. The van der Waals surface area contributed by atoms with Crippen molar-refractivity contribution in [3.63, 3.8) is 0 Å². The molecule has 0 amide bonds. The van der Waals surface area contributed by atoms with Gasteiger partial charge in [0.15, 0.2) is 6.20 Å². The molecule has 0 atom stereocenters. The molecular weight excluding hydrogens is 246 g/mol. The average molecular weight is 248 g/mol. The lowest BCUT2D eigenvalue weighted by Gasteiger charge is -1.93. The smallest absolute Gasteiger partial charge is 0.358 e. The SMILES string of the molecule is O=[N+]([O-])c1cc(Br)cnc1[N+](=O)[O-]. The molecule has 8 heteroatoms. The first-order chi connectivity index (χ1) is 6.02. The zero-order valence-corrected chi connectivity index (χ0v) is 7.59. The Hall–Kier alpha value is -1.57. The van der Waals surface area contributed by atoms with Gasteiger partial charge in [-0.25, -0.2) is 0 Å². The molecule has 0 radical (unpaired) electrons. The Morgan fingerprint density at radius 3 is 2.38 bits per heavy atom. The molecule has 0 aliphatic heterocycles. The fraction of sp³-hybridized carbons (Fsp3) is 0. The molecule has 0 aliphatic carbocycles. The number of pyridine rings is 1. The largest absolute Gasteiger partial charge is 0.442 e. The number of rotatable bonds is 2. The van der Waals surface area contributed by atoms with E-state index in [1.165, 1.54) is 0 Å². The summed E-state index contributed by atoms with van der Waals surface area (Å²) in [5, 5.41) is 20.6. The molecule has 1 rings (SSSR count). The van der Waals surface area contributed by atoms with E-state index >= 15 is 0 Å². The monoisotopic (exact) mass is 247 g/mol. The third-order valence-electron chi connectivity index (χ3n) is 1.18. The maximum atomic E-state index is 10.3. The van der Waals surface area contributed by atoms with Gasteiger partial charge in [-0.05, 0) is 25.8 Å². The van der Waals surface area contributed by atoms with E-state index in [1.807, 2.05) is 0 Å². The van der Waals surface area contributed by atoms with E-state index in [0.29, 0.717) is 4.47 Å². The Morgan fingerprint density at radius 1 is 1.31 bits per heavy atom. The van der Waals surface area contributed by atoms with Crippen molar-refractivity contribution in [3.05, 3.63) is 37.0 Å². The summed E-state index contributed by atoms with van der Waals surface area (Å²) in [5.41, 5.74) is -0.626. The van der Waals surface area contributed by atoms with Gasteiger partial charge in [0.1, 0.15) is 0 Å². The summed E-state index contributed by atoms with van der Waals surface area (Å²) in [6.07, 6.45) is 1.13. The van der Waals surface area contributed by atoms with Crippen LogP contribution in [0.25, 0.3) is 0 Å². The lowest BCUT2D eigenvalue weighted by atomic mass is 10.4. The topological polar surface area (TPSA) is 99.2 Å². The van der Waals surface area contributed by atoms with E-state index in [4.69, 9.17) is 0 Å². The van der Waals surface area contributed by atoms with E-state index in [2.05, 4.69) is 20.9 Å². The molecule has 0 saturated heterocycles. The summed E-state index contributed by atoms with van der Waals surface area (Å²) in [4.78, 5) is 22.1. The van der Waals surface area contributed by atoms with Gasteiger partial charge in [-0.3, -0.25) is 10.1 Å². The number of nitrogens with zero attached hydrogens (tertiary/aromatic N) is 3. The predicted octanol–water partition coefficient (Wildman–Crippen LogP) is 1.66. The Labute approximate surface area is 79.8 Å². The standard InChI is InChI=1S/C5H2BrN3O4/c6-3-1-4(8(10)11)5(7-2-3)9(12)13/h1-2H. The van der Waals surface area contributed by atoms with Crippen molar-refractivity contribution >= 4 is 27.4 Å². The van der Waals surface area contributed by atoms with Crippen LogP contribution in [0, 0.1) is 20.2 Å². The van der Waals surface area contributed by atoms with Gasteiger partial charge < -0.3 is 10.1 Å². The zero-order chi connectivity index (χ0) is 10.0. The Kier molecular flexibility index (Phi) is 2.52. The second kappa shape index (κ2) is 3.44. The number of halogens is 1. The Bertz CT molecular complexity index is 380. The fourth-order valence-corrected chi connectivity index (χ4v) is 1.02. The summed E-state index contributed by atoms with van der Waals surface area (Å²) in [5.74, 6) is -0.756. The van der Waals surface area contributed by atoms with Gasteiger partial charge in [-0.15, -0.1) is 0 Å². The molecule has 0 N–H and O–H groups in total. The molecular formula is C5H2BrN3O4. The molecule has 1 heterocycles. The van der Waals surface area contributed by atoms with Crippen molar-refractivity contribution in [1.82, 2.24) is 4.98 Å². The van der Waals surface area contributed by atoms with Crippen LogP contribution >= 0.6 is 15.9 Å². The maximum Gasteiger partial charge on any atom is 0.442 e. The first kappa shape index (κ1) is 9.52. The van der Waals surface area contributed by atoms with Crippen molar-refractivity contribution < 1.29 is 9.85 Å². The van der Waals surface area contributed by atoms with E-state index in [1.54, 1.807) is 0 Å². The highest BCUT2D eigenvalue weighted by Gasteiger charge is 2.25. The highest BCUT2D eigenvalue weighted by Crippen LogP contribution is 2.26. The van der Waals surface area contributed by atoms with Crippen molar-refractivity contribution in [2.24, 2.45) is 0 Å². The Morgan fingerprint density at radius 2 is 1.92 bits per heavy atom. The molecule has 68 valence electrons. The molecule has 0 spiro atoms. The lowest BCUT2D eigenvalue weighted by molar-refractivity contribution is -0.425. The molecule has 7 nitrogen and oxygen atoms in total. The first-order valence-electron chi connectivity index (χ1n) is 2.96.